The highest BCUT2D eigenvalue weighted by molar-refractivity contribution is 5.81. The van der Waals surface area contributed by atoms with Crippen molar-refractivity contribution in [1.29, 1.82) is 0 Å². The molecule has 0 rings (SSSR count). The molecule has 0 aliphatic heterocycles. The fraction of sp³-hybridized carbons (Fsp3) is 0.857. The van der Waals surface area contributed by atoms with E-state index in [9.17, 15) is 9.59 Å². The van der Waals surface area contributed by atoms with Gasteiger partial charge in [0.2, 0.25) is 0 Å². The molecule has 2 atom stereocenters. The third-order valence-electron chi connectivity index (χ3n) is 2.56. The van der Waals surface area contributed by atoms with Gasteiger partial charge in [-0.3, -0.25) is 0 Å². The van der Waals surface area contributed by atoms with Crippen molar-refractivity contribution < 1.29 is 19.1 Å². The normalized spacial score (nSPS) is 14.6. The number of nitrogens with one attached hydrogen (secondary N) is 1. The second kappa shape index (κ2) is 8.09. The molecule has 3 N–H and O–H groups in total. The summed E-state index contributed by atoms with van der Waals surface area (Å²) in [6, 6.07) is -0.929. The van der Waals surface area contributed by atoms with Gasteiger partial charge in [0, 0.05) is 6.04 Å². The Hall–Kier alpha value is -1.30. The number of carbonyl (C=O) groups excluding carboxylic acids is 2. The highest BCUT2D eigenvalue weighted by atomic mass is 16.6. The molecule has 0 aliphatic rings. The number of hydrogen-bond acceptors (Lipinski definition) is 5. The minimum Gasteiger partial charge on any atom is -0.463 e. The summed E-state index contributed by atoms with van der Waals surface area (Å²) in [6.45, 7) is 11.0. The van der Waals surface area contributed by atoms with Gasteiger partial charge in [0.25, 0.3) is 0 Å². The molecule has 0 aromatic rings. The van der Waals surface area contributed by atoms with Crippen molar-refractivity contribution in [3.8, 4) is 0 Å². The summed E-state index contributed by atoms with van der Waals surface area (Å²) in [5.41, 5.74) is 5.08. The van der Waals surface area contributed by atoms with Crippen LogP contribution in [-0.2, 0) is 14.3 Å². The molecule has 1 amide bonds. The van der Waals surface area contributed by atoms with E-state index in [0.29, 0.717) is 0 Å². The summed E-state index contributed by atoms with van der Waals surface area (Å²) < 4.78 is 10.2. The van der Waals surface area contributed by atoms with Gasteiger partial charge < -0.3 is 20.5 Å². The van der Waals surface area contributed by atoms with Crippen molar-refractivity contribution >= 4 is 12.1 Å². The van der Waals surface area contributed by atoms with Crippen LogP contribution in [-0.4, -0.2) is 36.4 Å². The maximum atomic E-state index is 12.0. The lowest BCUT2D eigenvalue weighted by atomic mass is 10.1. The first-order valence-electron chi connectivity index (χ1n) is 6.98. The molecule has 118 valence electrons. The molecular formula is C14H28N2O4. The van der Waals surface area contributed by atoms with E-state index in [1.54, 1.807) is 20.8 Å². The highest BCUT2D eigenvalue weighted by Gasteiger charge is 2.28. The van der Waals surface area contributed by atoms with Gasteiger partial charge in [0.1, 0.15) is 18.2 Å². The summed E-state index contributed by atoms with van der Waals surface area (Å²) >= 11 is 0. The first kappa shape index (κ1) is 18.7. The third-order valence-corrected chi connectivity index (χ3v) is 2.56. The molecule has 20 heavy (non-hydrogen) atoms. The lowest BCUT2D eigenvalue weighted by Crippen LogP contribution is -2.47. The molecule has 0 aromatic carbocycles. The topological polar surface area (TPSA) is 90.6 Å². The maximum Gasteiger partial charge on any atom is 0.408 e. The van der Waals surface area contributed by atoms with Gasteiger partial charge in [0.05, 0.1) is 0 Å². The monoisotopic (exact) mass is 288 g/mol. The first-order chi connectivity index (χ1) is 9.06. The summed E-state index contributed by atoms with van der Waals surface area (Å²) in [5, 5.41) is 2.54. The number of rotatable bonds is 6. The van der Waals surface area contributed by atoms with Crippen LogP contribution in [0.25, 0.3) is 0 Å². The SMILES string of the molecule is CC[C@@H](N)COC(=O)[C@@H](NC(=O)OC(C)(C)C)C(C)C. The van der Waals surface area contributed by atoms with Crippen LogP contribution < -0.4 is 11.1 Å². The van der Waals surface area contributed by atoms with Gasteiger partial charge in [-0.2, -0.15) is 0 Å². The molecular weight excluding hydrogens is 260 g/mol. The summed E-state index contributed by atoms with van der Waals surface area (Å²) in [5.74, 6) is -0.595. The standard InChI is InChI=1S/C14H28N2O4/c1-7-10(15)8-19-12(17)11(9(2)3)16-13(18)20-14(4,5)6/h9-11H,7-8,15H2,1-6H3,(H,16,18)/t10-,11+/m1/s1. The smallest absolute Gasteiger partial charge is 0.408 e. The Balaban J connectivity index is 4.49. The zero-order chi connectivity index (χ0) is 15.9. The molecule has 6 nitrogen and oxygen atoms in total. The fourth-order valence-corrected chi connectivity index (χ4v) is 1.33. The number of ether oxygens (including phenoxy) is 2. The van der Waals surface area contributed by atoms with Crippen LogP contribution in [0.15, 0.2) is 0 Å². The van der Waals surface area contributed by atoms with Gasteiger partial charge in [0.15, 0.2) is 0 Å². The van der Waals surface area contributed by atoms with E-state index in [-0.39, 0.29) is 18.6 Å². The number of carbonyl (C=O) groups is 2. The lowest BCUT2D eigenvalue weighted by molar-refractivity contribution is -0.147. The van der Waals surface area contributed by atoms with Crippen molar-refractivity contribution in [2.75, 3.05) is 6.61 Å². The van der Waals surface area contributed by atoms with Gasteiger partial charge in [-0.1, -0.05) is 20.8 Å². The van der Waals surface area contributed by atoms with Gasteiger partial charge in [-0.15, -0.1) is 0 Å². The van der Waals surface area contributed by atoms with E-state index in [2.05, 4.69) is 5.32 Å². The minimum absolute atomic E-state index is 0.104. The minimum atomic E-state index is -0.742. The van der Waals surface area contributed by atoms with Crippen LogP contribution in [0.2, 0.25) is 0 Å². The Morgan fingerprint density at radius 1 is 1.25 bits per heavy atom. The van der Waals surface area contributed by atoms with Crippen molar-refractivity contribution in [3.63, 3.8) is 0 Å². The van der Waals surface area contributed by atoms with E-state index in [0.717, 1.165) is 6.42 Å². The zero-order valence-electron chi connectivity index (χ0n) is 13.4. The van der Waals surface area contributed by atoms with Gasteiger partial charge >= 0.3 is 12.1 Å². The van der Waals surface area contributed by atoms with E-state index in [1.807, 2.05) is 20.8 Å². The molecule has 0 aromatic heterocycles. The van der Waals surface area contributed by atoms with Crippen molar-refractivity contribution in [2.45, 2.75) is 65.6 Å². The molecule has 0 saturated carbocycles. The van der Waals surface area contributed by atoms with E-state index >= 15 is 0 Å². The molecule has 0 bridgehead atoms. The van der Waals surface area contributed by atoms with Gasteiger partial charge in [-0.05, 0) is 33.1 Å². The Morgan fingerprint density at radius 2 is 1.80 bits per heavy atom. The third kappa shape index (κ3) is 7.99. The Kier molecular flexibility index (Phi) is 7.57. The van der Waals surface area contributed by atoms with Crippen LogP contribution in [0.4, 0.5) is 4.79 Å². The fourth-order valence-electron chi connectivity index (χ4n) is 1.33. The predicted octanol–water partition coefficient (Wildman–Crippen LogP) is 1.82. The Bertz CT molecular complexity index is 324. The second-order valence-corrected chi connectivity index (χ2v) is 6.17. The summed E-state index contributed by atoms with van der Waals surface area (Å²) in [4.78, 5) is 23.7. The van der Waals surface area contributed by atoms with Crippen molar-refractivity contribution in [3.05, 3.63) is 0 Å². The largest absolute Gasteiger partial charge is 0.463 e. The summed E-state index contributed by atoms with van der Waals surface area (Å²) in [6.07, 6.45) is 0.0898. The predicted molar refractivity (Wildman–Crippen MR) is 77.2 cm³/mol. The van der Waals surface area contributed by atoms with E-state index in [1.165, 1.54) is 0 Å². The van der Waals surface area contributed by atoms with Crippen molar-refractivity contribution in [1.82, 2.24) is 5.32 Å². The maximum absolute atomic E-state index is 12.0. The number of alkyl carbamates (subject to hydrolysis) is 1. The Labute approximate surface area is 121 Å². The zero-order valence-corrected chi connectivity index (χ0v) is 13.4. The molecule has 0 unspecified atom stereocenters. The number of esters is 1. The average molecular weight is 288 g/mol. The van der Waals surface area contributed by atoms with E-state index < -0.39 is 23.7 Å². The summed E-state index contributed by atoms with van der Waals surface area (Å²) in [7, 11) is 0. The van der Waals surface area contributed by atoms with Crippen molar-refractivity contribution in [2.24, 2.45) is 11.7 Å². The quantitative estimate of drug-likeness (QED) is 0.727. The molecule has 0 radical (unpaired) electrons. The van der Waals surface area contributed by atoms with E-state index in [4.69, 9.17) is 15.2 Å². The molecule has 0 saturated heterocycles. The Morgan fingerprint density at radius 3 is 2.20 bits per heavy atom. The number of nitrogens with two attached hydrogens (primary N) is 1. The average Bonchev–Trinajstić information content (AvgIpc) is 2.29. The van der Waals surface area contributed by atoms with Crippen LogP contribution in [0.3, 0.4) is 0 Å². The molecule has 0 heterocycles. The van der Waals surface area contributed by atoms with Crippen LogP contribution in [0.1, 0.15) is 48.0 Å². The molecule has 0 spiro atoms. The molecule has 6 heteroatoms. The van der Waals surface area contributed by atoms with Crippen LogP contribution >= 0.6 is 0 Å². The molecule has 0 fully saturated rings. The first-order valence-corrected chi connectivity index (χ1v) is 6.98. The highest BCUT2D eigenvalue weighted by Crippen LogP contribution is 2.09. The number of hydrogen-bond donors (Lipinski definition) is 2. The van der Waals surface area contributed by atoms with Crippen LogP contribution in [0.5, 0.6) is 0 Å². The lowest BCUT2D eigenvalue weighted by Gasteiger charge is -2.25. The molecule has 0 aliphatic carbocycles. The second-order valence-electron chi connectivity index (χ2n) is 6.17. The van der Waals surface area contributed by atoms with Crippen LogP contribution in [0, 0.1) is 5.92 Å². The van der Waals surface area contributed by atoms with Gasteiger partial charge in [-0.25, -0.2) is 9.59 Å². The number of amides is 1.